The van der Waals surface area contributed by atoms with Crippen molar-refractivity contribution >= 4 is 17.7 Å². The second-order valence-corrected chi connectivity index (χ2v) is 5.07. The maximum Gasteiger partial charge on any atom is 0.426 e. The van der Waals surface area contributed by atoms with Crippen molar-refractivity contribution in [3.8, 4) is 11.1 Å². The van der Waals surface area contributed by atoms with Crippen LogP contribution in [0.1, 0.15) is 23.7 Å². The molecule has 0 radical (unpaired) electrons. The van der Waals surface area contributed by atoms with E-state index in [1.165, 1.54) is 0 Å². The van der Waals surface area contributed by atoms with E-state index >= 15 is 0 Å². The first-order chi connectivity index (χ1) is 11.0. The Kier molecular flexibility index (Phi) is 5.19. The van der Waals surface area contributed by atoms with E-state index in [2.05, 4.69) is 5.43 Å². The van der Waals surface area contributed by atoms with Gasteiger partial charge in [0.05, 0.1) is 0 Å². The standard InChI is InChI=1S/C17H19N3O3/c1-2-11-20(17(22)23)19-16(21)14-5-3-12(4-6-14)13-7-9-15(18)10-8-13/h3-10H,2,11,18H2,1H3,(H,19,21)(H,22,23). The van der Waals surface area contributed by atoms with Crippen molar-refractivity contribution in [1.29, 1.82) is 0 Å². The number of hydrogen-bond acceptors (Lipinski definition) is 3. The molecule has 2 aromatic rings. The Hall–Kier alpha value is -3.02. The van der Waals surface area contributed by atoms with E-state index in [9.17, 15) is 9.59 Å². The largest absolute Gasteiger partial charge is 0.464 e. The summed E-state index contributed by atoms with van der Waals surface area (Å²) < 4.78 is 0. The van der Waals surface area contributed by atoms with E-state index in [4.69, 9.17) is 10.8 Å². The highest BCUT2D eigenvalue weighted by Crippen LogP contribution is 2.21. The van der Waals surface area contributed by atoms with E-state index in [1.807, 2.05) is 43.3 Å². The number of anilines is 1. The third-order valence-corrected chi connectivity index (χ3v) is 3.31. The van der Waals surface area contributed by atoms with Crippen LogP contribution in [0, 0.1) is 0 Å². The zero-order chi connectivity index (χ0) is 16.8. The highest BCUT2D eigenvalue weighted by molar-refractivity contribution is 5.95. The van der Waals surface area contributed by atoms with E-state index in [-0.39, 0.29) is 6.54 Å². The first-order valence-electron chi connectivity index (χ1n) is 7.28. The van der Waals surface area contributed by atoms with Gasteiger partial charge < -0.3 is 10.8 Å². The number of rotatable bonds is 4. The molecule has 0 aliphatic heterocycles. The highest BCUT2D eigenvalue weighted by atomic mass is 16.4. The molecule has 0 aliphatic carbocycles. The number of nitrogens with zero attached hydrogens (tertiary/aromatic N) is 1. The van der Waals surface area contributed by atoms with Crippen molar-refractivity contribution in [2.45, 2.75) is 13.3 Å². The number of nitrogen functional groups attached to an aromatic ring is 1. The summed E-state index contributed by atoms with van der Waals surface area (Å²) >= 11 is 0. The smallest absolute Gasteiger partial charge is 0.426 e. The molecule has 0 bridgehead atoms. The van der Waals surface area contributed by atoms with Crippen LogP contribution in [0.25, 0.3) is 11.1 Å². The van der Waals surface area contributed by atoms with Crippen molar-refractivity contribution < 1.29 is 14.7 Å². The van der Waals surface area contributed by atoms with Crippen molar-refractivity contribution in [2.75, 3.05) is 12.3 Å². The maximum absolute atomic E-state index is 12.1. The number of hydrogen-bond donors (Lipinski definition) is 3. The van der Waals surface area contributed by atoms with E-state index in [1.54, 1.807) is 12.1 Å². The monoisotopic (exact) mass is 313 g/mol. The molecule has 2 amide bonds. The zero-order valence-electron chi connectivity index (χ0n) is 12.8. The summed E-state index contributed by atoms with van der Waals surface area (Å²) in [5.74, 6) is -0.454. The number of nitrogens with one attached hydrogen (secondary N) is 1. The SMILES string of the molecule is CCCN(NC(=O)c1ccc(-c2ccc(N)cc2)cc1)C(=O)O. The van der Waals surface area contributed by atoms with Gasteiger partial charge in [-0.25, -0.2) is 9.80 Å². The maximum atomic E-state index is 12.1. The highest BCUT2D eigenvalue weighted by Gasteiger charge is 2.15. The summed E-state index contributed by atoms with van der Waals surface area (Å²) in [4.78, 5) is 23.1. The minimum atomic E-state index is -1.18. The topological polar surface area (TPSA) is 95.7 Å². The second kappa shape index (κ2) is 7.31. The lowest BCUT2D eigenvalue weighted by atomic mass is 10.0. The number of carboxylic acid groups (broad SMARTS) is 1. The quantitative estimate of drug-likeness (QED) is 0.597. The van der Waals surface area contributed by atoms with Gasteiger partial charge in [0.15, 0.2) is 0 Å². The van der Waals surface area contributed by atoms with Gasteiger partial charge in [-0.15, -0.1) is 0 Å². The molecule has 23 heavy (non-hydrogen) atoms. The number of carbonyl (C=O) groups excluding carboxylic acids is 1. The lowest BCUT2D eigenvalue weighted by Gasteiger charge is -2.19. The van der Waals surface area contributed by atoms with Crippen molar-refractivity contribution in [3.05, 3.63) is 54.1 Å². The van der Waals surface area contributed by atoms with Gasteiger partial charge in [-0.2, -0.15) is 0 Å². The Morgan fingerprint density at radius 3 is 2.04 bits per heavy atom. The Labute approximate surface area is 134 Å². The van der Waals surface area contributed by atoms with Gasteiger partial charge in [-0.1, -0.05) is 31.2 Å². The molecule has 0 aliphatic rings. The molecule has 0 aromatic heterocycles. The Morgan fingerprint density at radius 1 is 1.04 bits per heavy atom. The van der Waals surface area contributed by atoms with Gasteiger partial charge in [0, 0.05) is 17.8 Å². The molecule has 2 rings (SSSR count). The normalized spacial score (nSPS) is 10.1. The first-order valence-corrected chi connectivity index (χ1v) is 7.28. The predicted octanol–water partition coefficient (Wildman–Crippen LogP) is 2.97. The van der Waals surface area contributed by atoms with Crippen LogP contribution in [-0.2, 0) is 0 Å². The van der Waals surface area contributed by atoms with E-state index in [0.717, 1.165) is 16.1 Å². The van der Waals surface area contributed by atoms with Crippen LogP contribution >= 0.6 is 0 Å². The van der Waals surface area contributed by atoms with Gasteiger partial charge in [-0.3, -0.25) is 10.2 Å². The summed E-state index contributed by atoms with van der Waals surface area (Å²) in [6.45, 7) is 2.08. The fraction of sp³-hybridized carbons (Fsp3) is 0.176. The summed E-state index contributed by atoms with van der Waals surface area (Å²) in [7, 11) is 0. The molecule has 0 spiro atoms. The summed E-state index contributed by atoms with van der Waals surface area (Å²) in [6, 6.07) is 14.4. The third-order valence-electron chi connectivity index (χ3n) is 3.31. The molecule has 0 heterocycles. The molecule has 2 aromatic carbocycles. The molecule has 0 saturated heterocycles. The lowest BCUT2D eigenvalue weighted by Crippen LogP contribution is -2.45. The second-order valence-electron chi connectivity index (χ2n) is 5.07. The molecule has 4 N–H and O–H groups in total. The van der Waals surface area contributed by atoms with Crippen LogP contribution in [0.15, 0.2) is 48.5 Å². The first kappa shape index (κ1) is 16.4. The lowest BCUT2D eigenvalue weighted by molar-refractivity contribution is 0.0755. The Bertz CT molecular complexity index is 681. The minimum absolute atomic E-state index is 0.241. The number of carbonyl (C=O) groups is 2. The number of hydrazine groups is 1. The van der Waals surface area contributed by atoms with Crippen LogP contribution in [0.4, 0.5) is 10.5 Å². The molecule has 0 saturated carbocycles. The van der Waals surface area contributed by atoms with Crippen LogP contribution in [0.2, 0.25) is 0 Å². The molecule has 0 fully saturated rings. The molecule has 0 atom stereocenters. The summed E-state index contributed by atoms with van der Waals surface area (Å²) in [5, 5.41) is 9.90. The molecule has 120 valence electrons. The molecule has 6 heteroatoms. The predicted molar refractivity (Wildman–Crippen MR) is 88.8 cm³/mol. The van der Waals surface area contributed by atoms with Crippen molar-refractivity contribution in [1.82, 2.24) is 10.4 Å². The van der Waals surface area contributed by atoms with Gasteiger partial charge in [-0.05, 0) is 41.8 Å². The molecule has 6 nitrogen and oxygen atoms in total. The van der Waals surface area contributed by atoms with Crippen LogP contribution < -0.4 is 11.2 Å². The Balaban J connectivity index is 2.10. The van der Waals surface area contributed by atoms with Crippen molar-refractivity contribution in [3.63, 3.8) is 0 Å². The van der Waals surface area contributed by atoms with Gasteiger partial charge in [0.1, 0.15) is 0 Å². The van der Waals surface area contributed by atoms with E-state index < -0.39 is 12.0 Å². The summed E-state index contributed by atoms with van der Waals surface area (Å²) in [6.07, 6.45) is -0.568. The minimum Gasteiger partial charge on any atom is -0.464 e. The van der Waals surface area contributed by atoms with Crippen LogP contribution in [-0.4, -0.2) is 28.7 Å². The average molecular weight is 313 g/mol. The molecular weight excluding hydrogens is 294 g/mol. The van der Waals surface area contributed by atoms with Gasteiger partial charge >= 0.3 is 6.09 Å². The van der Waals surface area contributed by atoms with E-state index in [0.29, 0.717) is 17.7 Å². The van der Waals surface area contributed by atoms with Gasteiger partial charge in [0.2, 0.25) is 0 Å². The number of benzene rings is 2. The van der Waals surface area contributed by atoms with Crippen LogP contribution in [0.5, 0.6) is 0 Å². The summed E-state index contributed by atoms with van der Waals surface area (Å²) in [5.41, 5.74) is 11.1. The number of nitrogens with two attached hydrogens (primary N) is 1. The molecule has 0 unspecified atom stereocenters. The number of amides is 2. The zero-order valence-corrected chi connectivity index (χ0v) is 12.8. The van der Waals surface area contributed by atoms with Crippen molar-refractivity contribution in [2.24, 2.45) is 0 Å². The fourth-order valence-corrected chi connectivity index (χ4v) is 2.10. The average Bonchev–Trinajstić information content (AvgIpc) is 2.55. The van der Waals surface area contributed by atoms with Crippen LogP contribution in [0.3, 0.4) is 0 Å². The fourth-order valence-electron chi connectivity index (χ4n) is 2.10. The third kappa shape index (κ3) is 4.23. The molecular formula is C17H19N3O3. The van der Waals surface area contributed by atoms with Gasteiger partial charge in [0.25, 0.3) is 5.91 Å². The Morgan fingerprint density at radius 2 is 1.57 bits per heavy atom.